The molecule has 0 amide bonds. The smallest absolute Gasteiger partial charge is 0.0596 e. The maximum Gasteiger partial charge on any atom is 0.0596 e. The first kappa shape index (κ1) is 16.9. The Kier molecular flexibility index (Phi) is 7.29. The molecule has 2 N–H and O–H groups in total. The Balaban J connectivity index is 4.39. The number of nitrogens with zero attached hydrogens (tertiary/aromatic N) is 1. The molecule has 0 radical (unpaired) electrons. The summed E-state index contributed by atoms with van der Waals surface area (Å²) in [6.07, 6.45) is 1.31. The van der Waals surface area contributed by atoms with Crippen LogP contribution in [0.3, 0.4) is 0 Å². The Morgan fingerprint density at radius 2 is 1.76 bits per heavy atom. The first-order chi connectivity index (χ1) is 7.70. The Hall–Kier alpha value is -0.120. The van der Waals surface area contributed by atoms with Crippen LogP contribution in [0, 0.1) is 5.41 Å². The fraction of sp³-hybridized carbons (Fsp3) is 1.00. The molecule has 0 saturated carbocycles. The standard InChI is InChI=1S/C14H32N2O/c1-8-12(15)13(14(4,5)6)16(7)9-10-17-11(2)3/h11-13H,8-10,15H2,1-7H3. The number of rotatable bonds is 7. The van der Waals surface area contributed by atoms with Gasteiger partial charge in [-0.05, 0) is 32.7 Å². The lowest BCUT2D eigenvalue weighted by Gasteiger charge is -2.41. The molecule has 0 aromatic heterocycles. The maximum atomic E-state index is 6.25. The van der Waals surface area contributed by atoms with E-state index in [9.17, 15) is 0 Å². The van der Waals surface area contributed by atoms with E-state index in [2.05, 4.69) is 53.5 Å². The van der Waals surface area contributed by atoms with E-state index < -0.39 is 0 Å². The van der Waals surface area contributed by atoms with E-state index >= 15 is 0 Å². The zero-order valence-electron chi connectivity index (χ0n) is 12.8. The molecule has 104 valence electrons. The van der Waals surface area contributed by atoms with Crippen LogP contribution in [0.5, 0.6) is 0 Å². The molecule has 17 heavy (non-hydrogen) atoms. The van der Waals surface area contributed by atoms with Gasteiger partial charge in [0.1, 0.15) is 0 Å². The van der Waals surface area contributed by atoms with Gasteiger partial charge in [-0.1, -0.05) is 27.7 Å². The Bertz CT molecular complexity index is 199. The lowest BCUT2D eigenvalue weighted by molar-refractivity contribution is 0.0323. The van der Waals surface area contributed by atoms with Gasteiger partial charge in [-0.3, -0.25) is 4.90 Å². The summed E-state index contributed by atoms with van der Waals surface area (Å²) in [5, 5.41) is 0. The number of nitrogens with two attached hydrogens (primary N) is 1. The summed E-state index contributed by atoms with van der Waals surface area (Å²) in [5.74, 6) is 0. The van der Waals surface area contributed by atoms with Crippen LogP contribution >= 0.6 is 0 Å². The van der Waals surface area contributed by atoms with Gasteiger partial charge in [-0.15, -0.1) is 0 Å². The van der Waals surface area contributed by atoms with Crippen LogP contribution in [0.2, 0.25) is 0 Å². The summed E-state index contributed by atoms with van der Waals surface area (Å²) in [5.41, 5.74) is 6.45. The highest BCUT2D eigenvalue weighted by Crippen LogP contribution is 2.26. The van der Waals surface area contributed by atoms with Crippen LogP contribution in [0.25, 0.3) is 0 Å². The third-order valence-electron chi connectivity index (χ3n) is 3.13. The van der Waals surface area contributed by atoms with Crippen molar-refractivity contribution in [3.05, 3.63) is 0 Å². The van der Waals surface area contributed by atoms with Gasteiger partial charge in [0, 0.05) is 18.6 Å². The molecule has 0 spiro atoms. The van der Waals surface area contributed by atoms with Gasteiger partial charge in [-0.2, -0.15) is 0 Å². The summed E-state index contributed by atoms with van der Waals surface area (Å²) in [4.78, 5) is 2.34. The van der Waals surface area contributed by atoms with Crippen LogP contribution < -0.4 is 5.73 Å². The molecule has 0 bridgehead atoms. The van der Waals surface area contributed by atoms with Crippen molar-refractivity contribution in [1.29, 1.82) is 0 Å². The van der Waals surface area contributed by atoms with Crippen molar-refractivity contribution < 1.29 is 4.74 Å². The molecular formula is C14H32N2O. The van der Waals surface area contributed by atoms with E-state index in [1.807, 2.05) is 0 Å². The van der Waals surface area contributed by atoms with Crippen LogP contribution in [0.4, 0.5) is 0 Å². The molecule has 0 aliphatic rings. The van der Waals surface area contributed by atoms with E-state index in [0.717, 1.165) is 19.6 Å². The topological polar surface area (TPSA) is 38.5 Å². The second kappa shape index (κ2) is 7.34. The van der Waals surface area contributed by atoms with Gasteiger partial charge < -0.3 is 10.5 Å². The molecule has 0 rings (SSSR count). The van der Waals surface area contributed by atoms with Crippen LogP contribution in [0.1, 0.15) is 48.0 Å². The number of hydrogen-bond donors (Lipinski definition) is 1. The van der Waals surface area contributed by atoms with E-state index in [1.165, 1.54) is 0 Å². The minimum absolute atomic E-state index is 0.196. The van der Waals surface area contributed by atoms with Crippen LogP contribution in [-0.4, -0.2) is 43.3 Å². The quantitative estimate of drug-likeness (QED) is 0.748. The van der Waals surface area contributed by atoms with E-state index in [-0.39, 0.29) is 11.5 Å². The van der Waals surface area contributed by atoms with Crippen LogP contribution in [-0.2, 0) is 4.74 Å². The monoisotopic (exact) mass is 244 g/mol. The van der Waals surface area contributed by atoms with Crippen LogP contribution in [0.15, 0.2) is 0 Å². The second-order valence-electron chi connectivity index (χ2n) is 6.28. The number of hydrogen-bond acceptors (Lipinski definition) is 3. The predicted molar refractivity (Wildman–Crippen MR) is 75.2 cm³/mol. The zero-order valence-corrected chi connectivity index (χ0v) is 12.8. The molecule has 2 atom stereocenters. The largest absolute Gasteiger partial charge is 0.377 e. The Morgan fingerprint density at radius 1 is 1.24 bits per heavy atom. The van der Waals surface area contributed by atoms with Crippen molar-refractivity contribution in [1.82, 2.24) is 4.90 Å². The number of ether oxygens (including phenoxy) is 1. The highest BCUT2D eigenvalue weighted by molar-refractivity contribution is 4.89. The van der Waals surface area contributed by atoms with Crippen molar-refractivity contribution in [2.24, 2.45) is 11.1 Å². The maximum absolute atomic E-state index is 6.25. The summed E-state index contributed by atoms with van der Waals surface area (Å²) >= 11 is 0. The molecule has 0 fully saturated rings. The SMILES string of the molecule is CCC(N)C(N(C)CCOC(C)C)C(C)(C)C. The van der Waals surface area contributed by atoms with Gasteiger partial charge in [-0.25, -0.2) is 0 Å². The summed E-state index contributed by atoms with van der Waals surface area (Å²) in [6, 6.07) is 0.613. The molecule has 0 aliphatic carbocycles. The fourth-order valence-electron chi connectivity index (χ4n) is 2.43. The third-order valence-corrected chi connectivity index (χ3v) is 3.13. The van der Waals surface area contributed by atoms with Gasteiger partial charge in [0.05, 0.1) is 12.7 Å². The predicted octanol–water partition coefficient (Wildman–Crippen LogP) is 2.50. The first-order valence-corrected chi connectivity index (χ1v) is 6.77. The Labute approximate surface area is 108 Å². The van der Waals surface area contributed by atoms with Gasteiger partial charge in [0.15, 0.2) is 0 Å². The van der Waals surface area contributed by atoms with Gasteiger partial charge in [0.2, 0.25) is 0 Å². The summed E-state index contributed by atoms with van der Waals surface area (Å²) in [6.45, 7) is 14.8. The molecular weight excluding hydrogens is 212 g/mol. The third kappa shape index (κ3) is 6.39. The molecule has 0 aromatic carbocycles. The molecule has 3 nitrogen and oxygen atoms in total. The van der Waals surface area contributed by atoms with Gasteiger partial charge >= 0.3 is 0 Å². The molecule has 2 unspecified atom stereocenters. The molecule has 0 aliphatic heterocycles. The van der Waals surface area contributed by atoms with Gasteiger partial charge in [0.25, 0.3) is 0 Å². The summed E-state index contributed by atoms with van der Waals surface area (Å²) < 4.78 is 5.61. The van der Waals surface area contributed by atoms with Crippen molar-refractivity contribution in [3.8, 4) is 0 Å². The lowest BCUT2D eigenvalue weighted by atomic mass is 9.80. The van der Waals surface area contributed by atoms with E-state index in [1.54, 1.807) is 0 Å². The van der Waals surface area contributed by atoms with Crippen molar-refractivity contribution >= 4 is 0 Å². The zero-order chi connectivity index (χ0) is 13.6. The van der Waals surface area contributed by atoms with E-state index in [4.69, 9.17) is 10.5 Å². The number of likely N-dealkylation sites (N-methyl/N-ethyl adjacent to an activating group) is 1. The van der Waals surface area contributed by atoms with E-state index in [0.29, 0.717) is 12.1 Å². The van der Waals surface area contributed by atoms with Crippen molar-refractivity contribution in [2.75, 3.05) is 20.2 Å². The molecule has 3 heteroatoms. The highest BCUT2D eigenvalue weighted by Gasteiger charge is 2.32. The minimum Gasteiger partial charge on any atom is -0.377 e. The molecule has 0 aromatic rings. The molecule has 0 heterocycles. The first-order valence-electron chi connectivity index (χ1n) is 6.77. The highest BCUT2D eigenvalue weighted by atomic mass is 16.5. The fourth-order valence-corrected chi connectivity index (χ4v) is 2.43. The second-order valence-corrected chi connectivity index (χ2v) is 6.28. The van der Waals surface area contributed by atoms with Crippen molar-refractivity contribution in [2.45, 2.75) is 66.2 Å². The Morgan fingerprint density at radius 3 is 2.12 bits per heavy atom. The average molecular weight is 244 g/mol. The van der Waals surface area contributed by atoms with Crippen molar-refractivity contribution in [3.63, 3.8) is 0 Å². The molecule has 0 saturated heterocycles. The summed E-state index contributed by atoms with van der Waals surface area (Å²) in [7, 11) is 2.15. The average Bonchev–Trinajstić information content (AvgIpc) is 2.14. The lowest BCUT2D eigenvalue weighted by Crippen LogP contribution is -2.53. The minimum atomic E-state index is 0.196. The normalized spacial score (nSPS) is 16.6.